The summed E-state index contributed by atoms with van der Waals surface area (Å²) in [7, 11) is 0. The molecule has 2 aromatic rings. The van der Waals surface area contributed by atoms with Crippen molar-refractivity contribution in [2.24, 2.45) is 0 Å². The van der Waals surface area contributed by atoms with Crippen molar-refractivity contribution >= 4 is 40.9 Å². The molecule has 3 saturated heterocycles. The van der Waals surface area contributed by atoms with E-state index in [0.717, 1.165) is 17.0 Å². The Balaban J connectivity index is 1.38. The number of anilines is 2. The number of piperazine rings is 1. The Hall–Kier alpha value is -3.78. The van der Waals surface area contributed by atoms with Gasteiger partial charge in [-0.15, -0.1) is 0 Å². The molecule has 2 bridgehead atoms. The average molecular weight is 504 g/mol. The first kappa shape index (κ1) is 23.0. The number of nitrogens with zero attached hydrogens (tertiary/aromatic N) is 4. The maximum absolute atomic E-state index is 13.4. The van der Waals surface area contributed by atoms with Crippen LogP contribution in [0.5, 0.6) is 0 Å². The van der Waals surface area contributed by atoms with Crippen LogP contribution >= 0.6 is 11.6 Å². The number of benzene rings is 2. The molecule has 0 radical (unpaired) electrons. The molecule has 8 nitrogen and oxygen atoms in total. The molecule has 180 valence electrons. The number of fused-ring (bicyclic) bond motifs is 5. The molecule has 5 rings (SSSR count). The normalized spacial score (nSPS) is 23.1. The number of imide groups is 1. The number of halogens is 4. The first-order valence-corrected chi connectivity index (χ1v) is 11.0. The van der Waals surface area contributed by atoms with Crippen LogP contribution in [0.3, 0.4) is 0 Å². The van der Waals surface area contributed by atoms with E-state index in [1.54, 1.807) is 6.92 Å². The quantitative estimate of drug-likeness (QED) is 0.616. The minimum absolute atomic E-state index is 0.0252. The minimum atomic E-state index is -4.56. The second-order valence-electron chi connectivity index (χ2n) is 8.61. The number of carbonyl (C=O) groups is 3. The number of hydrogen-bond acceptors (Lipinski definition) is 4. The number of hydrogen-bond donors (Lipinski definition) is 1. The summed E-state index contributed by atoms with van der Waals surface area (Å²) in [5.74, 6) is -0.525. The van der Waals surface area contributed by atoms with Crippen LogP contribution in [0.25, 0.3) is 0 Å². The van der Waals surface area contributed by atoms with Gasteiger partial charge in [0.05, 0.1) is 33.9 Å². The van der Waals surface area contributed by atoms with Gasteiger partial charge >= 0.3 is 18.2 Å². The zero-order valence-corrected chi connectivity index (χ0v) is 18.9. The molecule has 3 aliphatic heterocycles. The van der Waals surface area contributed by atoms with Crippen molar-refractivity contribution in [2.45, 2.75) is 37.6 Å². The first-order chi connectivity index (χ1) is 16.5. The van der Waals surface area contributed by atoms with Gasteiger partial charge in [0, 0.05) is 12.2 Å². The topological polar surface area (TPSA) is 96.8 Å². The number of carbonyl (C=O) groups excluding carboxylic acids is 3. The van der Waals surface area contributed by atoms with Crippen LogP contribution < -0.4 is 10.2 Å². The molecule has 0 unspecified atom stereocenters. The Morgan fingerprint density at radius 1 is 1.23 bits per heavy atom. The molecule has 0 saturated carbocycles. The Morgan fingerprint density at radius 3 is 2.66 bits per heavy atom. The van der Waals surface area contributed by atoms with Gasteiger partial charge in [-0.25, -0.2) is 14.5 Å². The van der Waals surface area contributed by atoms with Crippen LogP contribution in [0.2, 0.25) is 5.02 Å². The SMILES string of the molecule is Cc1c(N2C(=O)[C@@H]3[C@@H]4C[C@@H](CN4C(=O)Nc4cccc(C(F)(F)F)c4)N3C2=O)ccc(C#N)c1Cl. The standard InChI is InChI=1S/C23H17ClF3N5O3/c1-11-16(6-5-12(9-28)18(11)24)32-20(33)19-17-8-15(31(19)22(32)35)10-30(17)21(34)29-14-4-2-3-13(7-14)23(25,26)27/h2-7,15,17,19H,8,10H2,1H3,(H,29,34)/t15-,17-,19-/m0/s1. The third-order valence-corrected chi connectivity index (χ3v) is 7.17. The van der Waals surface area contributed by atoms with E-state index in [1.807, 2.05) is 6.07 Å². The second kappa shape index (κ2) is 7.88. The molecule has 5 amide bonds. The number of rotatable bonds is 2. The number of nitriles is 1. The summed E-state index contributed by atoms with van der Waals surface area (Å²) in [4.78, 5) is 43.3. The van der Waals surface area contributed by atoms with Crippen LogP contribution in [-0.2, 0) is 11.0 Å². The van der Waals surface area contributed by atoms with Gasteiger partial charge in [-0.3, -0.25) is 4.79 Å². The highest BCUT2D eigenvalue weighted by molar-refractivity contribution is 6.33. The van der Waals surface area contributed by atoms with Crippen molar-refractivity contribution in [3.8, 4) is 6.07 Å². The molecule has 3 heterocycles. The Bertz CT molecular complexity index is 1320. The summed E-state index contributed by atoms with van der Waals surface area (Å²) in [5, 5.41) is 11.8. The molecule has 0 aromatic heterocycles. The van der Waals surface area contributed by atoms with Crippen molar-refractivity contribution in [1.82, 2.24) is 9.80 Å². The van der Waals surface area contributed by atoms with Crippen molar-refractivity contribution in [3.05, 3.63) is 58.1 Å². The van der Waals surface area contributed by atoms with E-state index in [4.69, 9.17) is 16.9 Å². The van der Waals surface area contributed by atoms with Crippen molar-refractivity contribution in [2.75, 3.05) is 16.8 Å². The molecule has 12 heteroatoms. The van der Waals surface area contributed by atoms with Crippen molar-refractivity contribution in [1.29, 1.82) is 5.26 Å². The van der Waals surface area contributed by atoms with E-state index < -0.39 is 47.8 Å². The predicted octanol–water partition coefficient (Wildman–Crippen LogP) is 4.36. The number of amides is 5. The Morgan fingerprint density at radius 2 is 1.97 bits per heavy atom. The monoisotopic (exact) mass is 503 g/mol. The molecule has 0 spiro atoms. The zero-order valence-electron chi connectivity index (χ0n) is 18.1. The lowest BCUT2D eigenvalue weighted by Gasteiger charge is -2.34. The maximum atomic E-state index is 13.4. The summed E-state index contributed by atoms with van der Waals surface area (Å²) in [6.07, 6.45) is -4.17. The second-order valence-corrected chi connectivity index (χ2v) is 8.99. The summed E-state index contributed by atoms with van der Waals surface area (Å²) < 4.78 is 39.0. The first-order valence-electron chi connectivity index (χ1n) is 10.6. The number of urea groups is 2. The fourth-order valence-corrected chi connectivity index (χ4v) is 5.29. The van der Waals surface area contributed by atoms with E-state index in [0.29, 0.717) is 12.0 Å². The van der Waals surface area contributed by atoms with Gasteiger partial charge in [-0.2, -0.15) is 18.4 Å². The third kappa shape index (κ3) is 3.47. The van der Waals surface area contributed by atoms with E-state index in [2.05, 4.69) is 5.32 Å². The van der Waals surface area contributed by atoms with E-state index in [9.17, 15) is 27.6 Å². The molecular formula is C23H17ClF3N5O3. The van der Waals surface area contributed by atoms with Crippen LogP contribution in [0.4, 0.5) is 34.1 Å². The third-order valence-electron chi connectivity index (χ3n) is 6.69. The summed E-state index contributed by atoms with van der Waals surface area (Å²) in [6, 6.07) is 6.01. The molecule has 35 heavy (non-hydrogen) atoms. The van der Waals surface area contributed by atoms with Gasteiger partial charge in [0.1, 0.15) is 12.1 Å². The molecule has 3 atom stereocenters. The van der Waals surface area contributed by atoms with E-state index >= 15 is 0 Å². The maximum Gasteiger partial charge on any atom is 0.416 e. The number of alkyl halides is 3. The molecule has 2 aromatic carbocycles. The number of likely N-dealkylation sites (tertiary alicyclic amines) is 1. The summed E-state index contributed by atoms with van der Waals surface area (Å²) in [5.41, 5.74) is -0.0429. The smallest absolute Gasteiger partial charge is 0.317 e. The highest BCUT2D eigenvalue weighted by Crippen LogP contribution is 2.44. The van der Waals surface area contributed by atoms with Gasteiger partial charge in [0.2, 0.25) is 0 Å². The average Bonchev–Trinajstić information content (AvgIpc) is 3.47. The van der Waals surface area contributed by atoms with Crippen LogP contribution in [0, 0.1) is 18.3 Å². The van der Waals surface area contributed by atoms with E-state index in [1.165, 1.54) is 34.1 Å². The van der Waals surface area contributed by atoms with Crippen LogP contribution in [-0.4, -0.2) is 52.4 Å². The van der Waals surface area contributed by atoms with Gasteiger partial charge in [-0.05, 0) is 49.2 Å². The fraction of sp³-hybridized carbons (Fsp3) is 0.304. The van der Waals surface area contributed by atoms with E-state index in [-0.39, 0.29) is 28.5 Å². The molecule has 1 N–H and O–H groups in total. The van der Waals surface area contributed by atoms with Gasteiger partial charge in [-0.1, -0.05) is 17.7 Å². The molecule has 0 aliphatic carbocycles. The largest absolute Gasteiger partial charge is 0.416 e. The fourth-order valence-electron chi connectivity index (χ4n) is 5.08. The molecule has 3 fully saturated rings. The van der Waals surface area contributed by atoms with Gasteiger partial charge in [0.25, 0.3) is 5.91 Å². The lowest BCUT2D eigenvalue weighted by molar-refractivity contribution is -0.137. The summed E-state index contributed by atoms with van der Waals surface area (Å²) in [6.45, 7) is 1.75. The van der Waals surface area contributed by atoms with Gasteiger partial charge in [0.15, 0.2) is 0 Å². The van der Waals surface area contributed by atoms with Crippen LogP contribution in [0.1, 0.15) is 23.1 Å². The lowest BCUT2D eigenvalue weighted by atomic mass is 10.1. The molecule has 3 aliphatic rings. The Kier molecular flexibility index (Phi) is 5.18. The zero-order chi connectivity index (χ0) is 25.2. The number of nitrogens with one attached hydrogen (secondary N) is 1. The molecular weight excluding hydrogens is 487 g/mol. The van der Waals surface area contributed by atoms with Gasteiger partial charge < -0.3 is 15.1 Å². The van der Waals surface area contributed by atoms with Crippen molar-refractivity contribution < 1.29 is 27.6 Å². The Labute approximate surface area is 202 Å². The summed E-state index contributed by atoms with van der Waals surface area (Å²) >= 11 is 6.23. The lowest BCUT2D eigenvalue weighted by Crippen LogP contribution is -2.55. The minimum Gasteiger partial charge on any atom is -0.317 e. The highest BCUT2D eigenvalue weighted by Gasteiger charge is 2.63. The van der Waals surface area contributed by atoms with Crippen LogP contribution in [0.15, 0.2) is 36.4 Å². The van der Waals surface area contributed by atoms with Crippen molar-refractivity contribution in [3.63, 3.8) is 0 Å². The predicted molar refractivity (Wildman–Crippen MR) is 119 cm³/mol. The highest BCUT2D eigenvalue weighted by atomic mass is 35.5.